The van der Waals surface area contributed by atoms with Gasteiger partial charge in [-0.15, -0.1) is 0 Å². The summed E-state index contributed by atoms with van der Waals surface area (Å²) < 4.78 is 0. The van der Waals surface area contributed by atoms with Gasteiger partial charge < -0.3 is 16.0 Å². The molecular weight excluding hydrogens is 412 g/mol. The second-order valence-electron chi connectivity index (χ2n) is 7.85. The van der Waals surface area contributed by atoms with Gasteiger partial charge in [-0.25, -0.2) is 4.99 Å². The number of aliphatic imine (C=N–C) groups is 1. The Hall–Kier alpha value is -4.26. The summed E-state index contributed by atoms with van der Waals surface area (Å²) in [6, 6.07) is 13.6. The third-order valence-corrected chi connectivity index (χ3v) is 5.23. The maximum atomic E-state index is 12.5. The number of aryl methyl sites for hydroxylation is 1. The molecule has 7 heteroatoms. The van der Waals surface area contributed by atoms with Gasteiger partial charge in [0.2, 0.25) is 0 Å². The average Bonchev–Trinajstić information content (AvgIpc) is 3.31. The van der Waals surface area contributed by atoms with Crippen LogP contribution in [0.25, 0.3) is 5.57 Å². The molecule has 166 valence electrons. The quantitative estimate of drug-likeness (QED) is 0.502. The number of amidine groups is 1. The van der Waals surface area contributed by atoms with Crippen molar-refractivity contribution in [2.24, 2.45) is 4.99 Å². The van der Waals surface area contributed by atoms with Crippen LogP contribution in [0.5, 0.6) is 0 Å². The van der Waals surface area contributed by atoms with Crippen molar-refractivity contribution in [2.75, 3.05) is 5.32 Å². The molecule has 0 saturated heterocycles. The van der Waals surface area contributed by atoms with Gasteiger partial charge >= 0.3 is 0 Å². The van der Waals surface area contributed by atoms with Gasteiger partial charge in [-0.2, -0.15) is 0 Å². The summed E-state index contributed by atoms with van der Waals surface area (Å²) in [5.41, 5.74) is 5.50. The third kappa shape index (κ3) is 5.92. The minimum absolute atomic E-state index is 0.0511. The highest BCUT2D eigenvalue weighted by atomic mass is 16.1. The Labute approximate surface area is 193 Å². The van der Waals surface area contributed by atoms with Crippen molar-refractivity contribution in [2.45, 2.75) is 26.3 Å². The van der Waals surface area contributed by atoms with Crippen LogP contribution in [0, 0.1) is 6.92 Å². The number of carbonyl (C=O) groups is 1. The Balaban J connectivity index is 1.27. The number of anilines is 1. The normalized spacial score (nSPS) is 13.9. The molecular formula is C26H26N6O. The molecule has 33 heavy (non-hydrogen) atoms. The summed E-state index contributed by atoms with van der Waals surface area (Å²) >= 11 is 0. The molecule has 4 rings (SSSR count). The predicted molar refractivity (Wildman–Crippen MR) is 131 cm³/mol. The van der Waals surface area contributed by atoms with E-state index in [0.717, 1.165) is 40.2 Å². The summed E-state index contributed by atoms with van der Waals surface area (Å²) in [5, 5.41) is 9.50. The second-order valence-corrected chi connectivity index (χ2v) is 7.85. The largest absolute Gasteiger partial charge is 0.383 e. The lowest BCUT2D eigenvalue weighted by atomic mass is 10.1. The number of hydrogen-bond acceptors (Lipinski definition) is 6. The molecule has 1 atom stereocenters. The number of aromatic nitrogens is 2. The molecule has 0 fully saturated rings. The number of nitrogens with one attached hydrogen (secondary N) is 3. The van der Waals surface area contributed by atoms with E-state index in [4.69, 9.17) is 0 Å². The minimum Gasteiger partial charge on any atom is -0.383 e. The lowest BCUT2D eigenvalue weighted by molar-refractivity contribution is 0.102. The highest BCUT2D eigenvalue weighted by molar-refractivity contribution is 6.04. The lowest BCUT2D eigenvalue weighted by Crippen LogP contribution is -2.18. The first-order chi connectivity index (χ1) is 16.1. The first-order valence-corrected chi connectivity index (χ1v) is 10.7. The Morgan fingerprint density at radius 2 is 1.97 bits per heavy atom. The van der Waals surface area contributed by atoms with Crippen molar-refractivity contribution >= 4 is 23.0 Å². The monoisotopic (exact) mass is 438 g/mol. The van der Waals surface area contributed by atoms with Gasteiger partial charge in [-0.3, -0.25) is 14.8 Å². The fourth-order valence-electron chi connectivity index (χ4n) is 3.44. The lowest BCUT2D eigenvalue weighted by Gasteiger charge is -2.14. The van der Waals surface area contributed by atoms with Crippen LogP contribution in [-0.2, 0) is 0 Å². The first kappa shape index (κ1) is 22.0. The smallest absolute Gasteiger partial charge is 0.257 e. The molecule has 3 heterocycles. The van der Waals surface area contributed by atoms with E-state index in [0.29, 0.717) is 5.56 Å². The topological polar surface area (TPSA) is 91.3 Å². The molecule has 0 saturated carbocycles. The summed E-state index contributed by atoms with van der Waals surface area (Å²) in [7, 11) is 0. The fraction of sp³-hybridized carbons (Fsp3) is 0.154. The minimum atomic E-state index is -0.176. The Kier molecular flexibility index (Phi) is 6.90. The van der Waals surface area contributed by atoms with Crippen molar-refractivity contribution in [1.82, 2.24) is 20.6 Å². The van der Waals surface area contributed by atoms with Crippen LogP contribution >= 0.6 is 0 Å². The molecule has 1 unspecified atom stereocenters. The van der Waals surface area contributed by atoms with Gasteiger partial charge in [-0.05, 0) is 60.4 Å². The molecule has 0 aliphatic carbocycles. The van der Waals surface area contributed by atoms with Crippen LogP contribution in [0.15, 0.2) is 90.8 Å². The second kappa shape index (κ2) is 10.4. The summed E-state index contributed by atoms with van der Waals surface area (Å²) in [6.07, 6.45) is 13.2. The zero-order valence-electron chi connectivity index (χ0n) is 18.6. The molecule has 7 nitrogen and oxygen atoms in total. The van der Waals surface area contributed by atoms with Gasteiger partial charge in [0.15, 0.2) is 0 Å². The predicted octanol–water partition coefficient (Wildman–Crippen LogP) is 4.59. The molecule has 1 aromatic carbocycles. The molecule has 1 amide bonds. The van der Waals surface area contributed by atoms with Crippen LogP contribution in [0.3, 0.4) is 0 Å². The molecule has 3 N–H and O–H groups in total. The molecule has 0 radical (unpaired) electrons. The first-order valence-electron chi connectivity index (χ1n) is 10.7. The SMILES string of the molecule is Cc1cncc(C(=O)Nc2cccc(C(C)NC=CNC3=NC=C(c4cccnc4)C3)c2)c1. The van der Waals surface area contributed by atoms with Gasteiger partial charge in [0.25, 0.3) is 5.91 Å². The van der Waals surface area contributed by atoms with Crippen molar-refractivity contribution in [1.29, 1.82) is 0 Å². The van der Waals surface area contributed by atoms with Gasteiger partial charge in [0.05, 0.1) is 5.56 Å². The van der Waals surface area contributed by atoms with Crippen LogP contribution in [0.2, 0.25) is 0 Å². The van der Waals surface area contributed by atoms with Gasteiger partial charge in [0.1, 0.15) is 5.84 Å². The van der Waals surface area contributed by atoms with E-state index >= 15 is 0 Å². The van der Waals surface area contributed by atoms with E-state index in [1.807, 2.05) is 74.2 Å². The van der Waals surface area contributed by atoms with Crippen molar-refractivity contribution in [3.63, 3.8) is 0 Å². The summed E-state index contributed by atoms with van der Waals surface area (Å²) in [5.74, 6) is 0.708. The number of benzene rings is 1. The highest BCUT2D eigenvalue weighted by Crippen LogP contribution is 2.22. The molecule has 2 aromatic heterocycles. The molecule has 1 aliphatic heterocycles. The van der Waals surface area contributed by atoms with E-state index in [1.54, 1.807) is 18.6 Å². The zero-order valence-corrected chi connectivity index (χ0v) is 18.6. The van der Waals surface area contributed by atoms with E-state index in [2.05, 4.69) is 37.8 Å². The maximum absolute atomic E-state index is 12.5. The van der Waals surface area contributed by atoms with Crippen LogP contribution in [0.4, 0.5) is 5.69 Å². The van der Waals surface area contributed by atoms with Gasteiger partial charge in [0, 0.05) is 61.5 Å². The molecule has 0 spiro atoms. The Morgan fingerprint density at radius 1 is 1.06 bits per heavy atom. The third-order valence-electron chi connectivity index (χ3n) is 5.23. The zero-order chi connectivity index (χ0) is 23.0. The van der Waals surface area contributed by atoms with E-state index in [1.165, 1.54) is 0 Å². The van der Waals surface area contributed by atoms with E-state index in [-0.39, 0.29) is 11.9 Å². The number of hydrogen-bond donors (Lipinski definition) is 3. The van der Waals surface area contributed by atoms with E-state index < -0.39 is 0 Å². The number of carbonyl (C=O) groups excluding carboxylic acids is 1. The molecule has 1 aliphatic rings. The average molecular weight is 439 g/mol. The Bertz CT molecular complexity index is 1220. The van der Waals surface area contributed by atoms with Crippen LogP contribution in [-0.4, -0.2) is 21.7 Å². The van der Waals surface area contributed by atoms with Crippen molar-refractivity contribution < 1.29 is 4.79 Å². The molecule has 3 aromatic rings. The van der Waals surface area contributed by atoms with Crippen LogP contribution < -0.4 is 16.0 Å². The van der Waals surface area contributed by atoms with Crippen LogP contribution in [0.1, 0.15) is 46.4 Å². The summed E-state index contributed by atoms with van der Waals surface area (Å²) in [6.45, 7) is 3.97. The number of rotatable bonds is 7. The maximum Gasteiger partial charge on any atom is 0.257 e. The highest BCUT2D eigenvalue weighted by Gasteiger charge is 2.11. The summed E-state index contributed by atoms with van der Waals surface area (Å²) in [4.78, 5) is 25.2. The standard InChI is InChI=1S/C26H26N6O/c1-18-11-23(16-28-14-18)26(33)32-24-7-3-5-20(12-24)19(2)29-9-10-30-25-13-22(17-31-25)21-6-4-8-27-15-21/h3-12,14-17,19,29H,13H2,1-2H3,(H,30,31)(H,32,33). The van der Waals surface area contributed by atoms with Crippen molar-refractivity contribution in [3.8, 4) is 0 Å². The number of nitrogens with zero attached hydrogens (tertiary/aromatic N) is 3. The fourth-order valence-corrected chi connectivity index (χ4v) is 3.44. The number of pyridine rings is 2. The molecule has 0 bridgehead atoms. The van der Waals surface area contributed by atoms with Crippen molar-refractivity contribution in [3.05, 3.63) is 108 Å². The van der Waals surface area contributed by atoms with Gasteiger partial charge in [-0.1, -0.05) is 18.2 Å². The number of amides is 1. The van der Waals surface area contributed by atoms with E-state index in [9.17, 15) is 4.79 Å². The Morgan fingerprint density at radius 3 is 2.79 bits per heavy atom.